The molecule has 2 aromatic rings. The number of fused-ring (bicyclic) bond motifs is 1. The second-order valence-corrected chi connectivity index (χ2v) is 4.24. The van der Waals surface area contributed by atoms with Gasteiger partial charge < -0.3 is 15.8 Å². The van der Waals surface area contributed by atoms with Gasteiger partial charge in [0.25, 0.3) is 0 Å². The highest BCUT2D eigenvalue weighted by Gasteiger charge is 2.31. The number of nitrogens with one attached hydrogen (secondary N) is 1. The number of nitrogens with two attached hydrogens (primary N) is 1. The minimum absolute atomic E-state index is 0.175. The number of hydrogen-bond acceptors (Lipinski definition) is 2. The number of aromatic amines is 1. The van der Waals surface area contributed by atoms with Gasteiger partial charge in [0.1, 0.15) is 6.04 Å². The lowest BCUT2D eigenvalue weighted by atomic mass is 10.0. The molecule has 0 bridgehead atoms. The fourth-order valence-electron chi connectivity index (χ4n) is 2.05. The van der Waals surface area contributed by atoms with Gasteiger partial charge in [0.05, 0.1) is 5.56 Å². The number of aliphatic carboxylic acids is 1. The molecule has 102 valence electrons. The maximum absolute atomic E-state index is 12.7. The summed E-state index contributed by atoms with van der Waals surface area (Å²) in [5.74, 6) is -1.29. The summed E-state index contributed by atoms with van der Waals surface area (Å²) < 4.78 is 38.0. The molecule has 1 atom stereocenters. The molecule has 2 rings (SSSR count). The largest absolute Gasteiger partial charge is 0.480 e. The van der Waals surface area contributed by atoms with Crippen LogP contribution in [0.4, 0.5) is 13.2 Å². The van der Waals surface area contributed by atoms with Gasteiger partial charge >= 0.3 is 12.1 Å². The Bertz CT molecular complexity index is 646. The molecule has 0 aliphatic heterocycles. The third kappa shape index (κ3) is 2.28. The number of aromatic nitrogens is 1. The number of aryl methyl sites for hydroxylation is 1. The van der Waals surface area contributed by atoms with Gasteiger partial charge in [-0.1, -0.05) is 0 Å². The van der Waals surface area contributed by atoms with Crippen molar-refractivity contribution in [2.45, 2.75) is 19.1 Å². The maximum atomic E-state index is 12.7. The number of halogens is 3. The zero-order valence-corrected chi connectivity index (χ0v) is 9.88. The first-order chi connectivity index (χ1) is 8.71. The fraction of sp³-hybridized carbons (Fsp3) is 0.250. The van der Waals surface area contributed by atoms with E-state index in [1.165, 1.54) is 6.07 Å². The molecule has 1 aromatic heterocycles. The minimum atomic E-state index is -4.48. The summed E-state index contributed by atoms with van der Waals surface area (Å²) in [4.78, 5) is 13.7. The second-order valence-electron chi connectivity index (χ2n) is 4.24. The average molecular weight is 272 g/mol. The lowest BCUT2D eigenvalue weighted by Crippen LogP contribution is -2.21. The zero-order valence-electron chi connectivity index (χ0n) is 9.88. The van der Waals surface area contributed by atoms with E-state index in [0.717, 1.165) is 12.1 Å². The first-order valence-electron chi connectivity index (χ1n) is 5.39. The number of carboxylic acids is 1. The Labute approximate surface area is 106 Å². The van der Waals surface area contributed by atoms with Crippen LogP contribution < -0.4 is 5.73 Å². The Hall–Kier alpha value is -2.02. The number of benzene rings is 1. The summed E-state index contributed by atoms with van der Waals surface area (Å²) in [6.45, 7) is 1.57. The lowest BCUT2D eigenvalue weighted by Gasteiger charge is -2.09. The van der Waals surface area contributed by atoms with Crippen molar-refractivity contribution < 1.29 is 23.1 Å². The molecule has 0 fully saturated rings. The van der Waals surface area contributed by atoms with Crippen molar-refractivity contribution >= 4 is 16.9 Å². The monoisotopic (exact) mass is 272 g/mol. The van der Waals surface area contributed by atoms with Crippen LogP contribution >= 0.6 is 0 Å². The predicted octanol–water partition coefficient (Wildman–Crippen LogP) is 2.58. The Morgan fingerprint density at radius 1 is 1.42 bits per heavy atom. The molecule has 4 nitrogen and oxygen atoms in total. The standard InChI is InChI=1S/C12H11F3N2O2/c1-5-9(10(16)11(18)19)7-4-6(12(13,14)15)2-3-8(7)17-5/h2-4,10,17H,16H2,1H3,(H,18,19). The molecule has 19 heavy (non-hydrogen) atoms. The van der Waals surface area contributed by atoms with Crippen molar-refractivity contribution in [2.24, 2.45) is 5.73 Å². The zero-order chi connectivity index (χ0) is 14.4. The molecule has 1 heterocycles. The van der Waals surface area contributed by atoms with Crippen molar-refractivity contribution in [3.63, 3.8) is 0 Å². The van der Waals surface area contributed by atoms with E-state index in [1.807, 2.05) is 0 Å². The van der Waals surface area contributed by atoms with E-state index in [1.54, 1.807) is 6.92 Å². The Morgan fingerprint density at radius 2 is 2.05 bits per heavy atom. The number of carbonyl (C=O) groups is 1. The van der Waals surface area contributed by atoms with Gasteiger partial charge in [-0.2, -0.15) is 13.2 Å². The topological polar surface area (TPSA) is 79.1 Å². The van der Waals surface area contributed by atoms with E-state index in [4.69, 9.17) is 10.8 Å². The van der Waals surface area contributed by atoms with Gasteiger partial charge in [-0.05, 0) is 25.1 Å². The van der Waals surface area contributed by atoms with Crippen LogP contribution in [0.1, 0.15) is 22.9 Å². The van der Waals surface area contributed by atoms with Crippen molar-refractivity contribution in [3.05, 3.63) is 35.0 Å². The highest BCUT2D eigenvalue weighted by Crippen LogP contribution is 2.34. The van der Waals surface area contributed by atoms with E-state index >= 15 is 0 Å². The van der Waals surface area contributed by atoms with Crippen LogP contribution in [0, 0.1) is 6.92 Å². The quantitative estimate of drug-likeness (QED) is 0.786. The van der Waals surface area contributed by atoms with Crippen LogP contribution in [0.2, 0.25) is 0 Å². The normalized spacial score (nSPS) is 13.7. The van der Waals surface area contributed by atoms with Crippen LogP contribution in [0.25, 0.3) is 10.9 Å². The first-order valence-corrected chi connectivity index (χ1v) is 5.39. The molecule has 0 radical (unpaired) electrons. The van der Waals surface area contributed by atoms with Gasteiger partial charge in [0, 0.05) is 22.2 Å². The van der Waals surface area contributed by atoms with Crippen LogP contribution in [-0.4, -0.2) is 16.1 Å². The molecule has 0 amide bonds. The van der Waals surface area contributed by atoms with Crippen LogP contribution in [0.3, 0.4) is 0 Å². The van der Waals surface area contributed by atoms with Crippen molar-refractivity contribution in [2.75, 3.05) is 0 Å². The number of carboxylic acid groups (broad SMARTS) is 1. The summed E-state index contributed by atoms with van der Waals surface area (Å²) in [5, 5.41) is 9.09. The van der Waals surface area contributed by atoms with Gasteiger partial charge in [0.2, 0.25) is 0 Å². The summed E-state index contributed by atoms with van der Waals surface area (Å²) in [7, 11) is 0. The highest BCUT2D eigenvalue weighted by atomic mass is 19.4. The Balaban J connectivity index is 2.70. The van der Waals surface area contributed by atoms with Gasteiger partial charge in [-0.25, -0.2) is 0 Å². The SMILES string of the molecule is Cc1[nH]c2ccc(C(F)(F)F)cc2c1C(N)C(=O)O. The summed E-state index contributed by atoms with van der Waals surface area (Å²) in [6, 6.07) is 1.76. The molecule has 1 aromatic carbocycles. The molecule has 0 aliphatic rings. The molecule has 0 saturated heterocycles. The van der Waals surface area contributed by atoms with Crippen LogP contribution in [0.5, 0.6) is 0 Å². The van der Waals surface area contributed by atoms with E-state index in [-0.39, 0.29) is 10.9 Å². The number of rotatable bonds is 2. The van der Waals surface area contributed by atoms with Crippen LogP contribution in [0.15, 0.2) is 18.2 Å². The third-order valence-corrected chi connectivity index (χ3v) is 2.94. The molecule has 0 aliphatic carbocycles. The Morgan fingerprint density at radius 3 is 2.58 bits per heavy atom. The van der Waals surface area contributed by atoms with E-state index in [9.17, 15) is 18.0 Å². The molecule has 0 spiro atoms. The lowest BCUT2D eigenvalue weighted by molar-refractivity contribution is -0.139. The van der Waals surface area contributed by atoms with Gasteiger partial charge in [-0.3, -0.25) is 4.79 Å². The smallest absolute Gasteiger partial charge is 0.416 e. The van der Waals surface area contributed by atoms with E-state index < -0.39 is 23.8 Å². The fourth-order valence-corrected chi connectivity index (χ4v) is 2.05. The first kappa shape index (κ1) is 13.4. The van der Waals surface area contributed by atoms with Crippen molar-refractivity contribution in [1.29, 1.82) is 0 Å². The number of alkyl halides is 3. The van der Waals surface area contributed by atoms with E-state index in [2.05, 4.69) is 4.98 Å². The summed E-state index contributed by atoms with van der Waals surface area (Å²) in [6.07, 6.45) is -4.48. The minimum Gasteiger partial charge on any atom is -0.480 e. The third-order valence-electron chi connectivity index (χ3n) is 2.94. The Kier molecular flexibility index (Phi) is 3.01. The predicted molar refractivity (Wildman–Crippen MR) is 62.6 cm³/mol. The maximum Gasteiger partial charge on any atom is 0.416 e. The molecular formula is C12H11F3N2O2. The number of hydrogen-bond donors (Lipinski definition) is 3. The highest BCUT2D eigenvalue weighted by molar-refractivity contribution is 5.90. The van der Waals surface area contributed by atoms with Crippen LogP contribution in [-0.2, 0) is 11.0 Å². The number of H-pyrrole nitrogens is 1. The van der Waals surface area contributed by atoms with E-state index in [0.29, 0.717) is 11.2 Å². The molecule has 7 heteroatoms. The molecule has 4 N–H and O–H groups in total. The van der Waals surface area contributed by atoms with Crippen molar-refractivity contribution in [1.82, 2.24) is 4.98 Å². The molecule has 0 saturated carbocycles. The van der Waals surface area contributed by atoms with Gasteiger partial charge in [-0.15, -0.1) is 0 Å². The van der Waals surface area contributed by atoms with Crippen molar-refractivity contribution in [3.8, 4) is 0 Å². The summed E-state index contributed by atoms with van der Waals surface area (Å²) in [5.41, 5.74) is 5.72. The summed E-state index contributed by atoms with van der Waals surface area (Å²) >= 11 is 0. The average Bonchev–Trinajstić information content (AvgIpc) is 2.61. The van der Waals surface area contributed by atoms with Gasteiger partial charge in [0.15, 0.2) is 0 Å². The molecule has 1 unspecified atom stereocenters. The molecular weight excluding hydrogens is 261 g/mol. The second kappa shape index (κ2) is 4.27.